The first-order chi connectivity index (χ1) is 17.9. The number of rotatable bonds is 12. The van der Waals surface area contributed by atoms with Gasteiger partial charge in [-0.1, -0.05) is 65.0 Å². The lowest BCUT2D eigenvalue weighted by Gasteiger charge is -2.36. The third kappa shape index (κ3) is 10.5. The maximum atomic E-state index is 14.2. The van der Waals surface area contributed by atoms with Crippen LogP contribution in [0.4, 0.5) is 4.79 Å². The van der Waals surface area contributed by atoms with E-state index in [1.165, 1.54) is 0 Å². The topological polar surface area (TPSA) is 108 Å². The van der Waals surface area contributed by atoms with Crippen molar-refractivity contribution in [2.45, 2.75) is 123 Å². The van der Waals surface area contributed by atoms with Crippen molar-refractivity contribution in [1.29, 1.82) is 0 Å². The van der Waals surface area contributed by atoms with Crippen LogP contribution in [0, 0.1) is 5.92 Å². The minimum absolute atomic E-state index is 0.0320. The molecule has 3 N–H and O–H groups in total. The number of hydrogen-bond acceptors (Lipinski definition) is 5. The number of phenolic OH excluding ortho intramolecular Hbond substituents is 1. The fraction of sp³-hybridized carbons (Fsp3) is 0.700. The Kier molecular flexibility index (Phi) is 12.4. The minimum atomic E-state index is -0.927. The number of nitrogens with zero attached hydrogens (tertiary/aromatic N) is 1. The number of carbonyl (C=O) groups excluding carboxylic acids is 3. The summed E-state index contributed by atoms with van der Waals surface area (Å²) in [6.07, 6.45) is 7.44. The summed E-state index contributed by atoms with van der Waals surface area (Å²) in [7, 11) is 0. The predicted octanol–water partition coefficient (Wildman–Crippen LogP) is 5.84. The van der Waals surface area contributed by atoms with Crippen molar-refractivity contribution in [3.05, 3.63) is 29.8 Å². The van der Waals surface area contributed by atoms with Crippen molar-refractivity contribution in [1.82, 2.24) is 15.5 Å². The van der Waals surface area contributed by atoms with Crippen LogP contribution in [0.3, 0.4) is 0 Å². The second kappa shape index (κ2) is 15.0. The third-order valence-corrected chi connectivity index (χ3v) is 6.68. The van der Waals surface area contributed by atoms with Gasteiger partial charge in [0.25, 0.3) is 0 Å². The maximum absolute atomic E-state index is 14.2. The van der Waals surface area contributed by atoms with E-state index in [2.05, 4.69) is 17.6 Å². The molecule has 8 heteroatoms. The van der Waals surface area contributed by atoms with Gasteiger partial charge in [-0.05, 0) is 70.1 Å². The quantitative estimate of drug-likeness (QED) is 0.294. The lowest BCUT2D eigenvalue weighted by Crippen LogP contribution is -2.54. The van der Waals surface area contributed by atoms with Gasteiger partial charge in [0.1, 0.15) is 23.4 Å². The van der Waals surface area contributed by atoms with Gasteiger partial charge in [0.05, 0.1) is 0 Å². The fourth-order valence-corrected chi connectivity index (χ4v) is 4.94. The van der Waals surface area contributed by atoms with Crippen LogP contribution >= 0.6 is 0 Å². The van der Waals surface area contributed by atoms with E-state index in [4.69, 9.17) is 4.74 Å². The Balaban J connectivity index is 2.45. The number of benzene rings is 1. The Morgan fingerprint density at radius 2 is 1.79 bits per heavy atom. The smallest absolute Gasteiger partial charge is 0.408 e. The third-order valence-electron chi connectivity index (χ3n) is 6.68. The average molecular weight is 532 g/mol. The summed E-state index contributed by atoms with van der Waals surface area (Å²) in [4.78, 5) is 42.3. The molecule has 2 rings (SSSR count). The molecule has 1 aliphatic carbocycles. The molecular weight excluding hydrogens is 482 g/mol. The SMILES string of the molecule is CCCCCN(C(=O)C(CC(C)C)NC(=O)OC(C)(C)C)C(C(=O)NC1CCCCC1)c1cccc(O)c1. The first-order valence-electron chi connectivity index (χ1n) is 14.3. The lowest BCUT2D eigenvalue weighted by molar-refractivity contribution is -0.143. The second-order valence-electron chi connectivity index (χ2n) is 11.9. The first kappa shape index (κ1) is 31.4. The number of hydrogen-bond donors (Lipinski definition) is 3. The molecule has 0 radical (unpaired) electrons. The molecule has 2 atom stereocenters. The van der Waals surface area contributed by atoms with Gasteiger partial charge in [-0.3, -0.25) is 9.59 Å². The Morgan fingerprint density at radius 1 is 1.11 bits per heavy atom. The number of alkyl carbamates (subject to hydrolysis) is 1. The van der Waals surface area contributed by atoms with Gasteiger partial charge in [0.2, 0.25) is 11.8 Å². The average Bonchev–Trinajstić information content (AvgIpc) is 2.82. The van der Waals surface area contributed by atoms with Crippen molar-refractivity contribution in [2.75, 3.05) is 6.54 Å². The summed E-state index contributed by atoms with van der Waals surface area (Å²) in [5.74, 6) is -0.433. The van der Waals surface area contributed by atoms with Gasteiger partial charge in [-0.15, -0.1) is 0 Å². The minimum Gasteiger partial charge on any atom is -0.508 e. The summed E-state index contributed by atoms with van der Waals surface area (Å²) in [6, 6.07) is 4.83. The highest BCUT2D eigenvalue weighted by atomic mass is 16.6. The normalized spacial score (nSPS) is 16.0. The molecule has 0 heterocycles. The highest BCUT2D eigenvalue weighted by Crippen LogP contribution is 2.28. The Bertz CT molecular complexity index is 905. The molecule has 1 saturated carbocycles. The monoisotopic (exact) mass is 531 g/mol. The summed E-state index contributed by atoms with van der Waals surface area (Å²) in [5.41, 5.74) is -0.163. The lowest BCUT2D eigenvalue weighted by atomic mass is 9.94. The fourth-order valence-electron chi connectivity index (χ4n) is 4.94. The van der Waals surface area contributed by atoms with E-state index >= 15 is 0 Å². The summed E-state index contributed by atoms with van der Waals surface area (Å²) in [6.45, 7) is 11.7. The Labute approximate surface area is 228 Å². The molecule has 1 aromatic rings. The molecular formula is C30H49N3O5. The first-order valence-corrected chi connectivity index (χ1v) is 14.3. The summed E-state index contributed by atoms with van der Waals surface area (Å²) >= 11 is 0. The van der Waals surface area contributed by atoms with Crippen LogP contribution in [-0.4, -0.2) is 52.1 Å². The van der Waals surface area contributed by atoms with Crippen LogP contribution in [0.1, 0.15) is 111 Å². The number of ether oxygens (including phenoxy) is 1. The van der Waals surface area contributed by atoms with E-state index < -0.39 is 23.8 Å². The molecule has 2 unspecified atom stereocenters. The molecule has 1 aliphatic rings. The molecule has 3 amide bonds. The van der Waals surface area contributed by atoms with Gasteiger partial charge in [0.15, 0.2) is 0 Å². The Morgan fingerprint density at radius 3 is 2.37 bits per heavy atom. The largest absolute Gasteiger partial charge is 0.508 e. The molecule has 0 spiro atoms. The van der Waals surface area contributed by atoms with Gasteiger partial charge in [-0.2, -0.15) is 0 Å². The maximum Gasteiger partial charge on any atom is 0.408 e. The van der Waals surface area contributed by atoms with Crippen LogP contribution in [0.15, 0.2) is 24.3 Å². The molecule has 8 nitrogen and oxygen atoms in total. The zero-order chi connectivity index (χ0) is 28.3. The van der Waals surface area contributed by atoms with E-state index in [-0.39, 0.29) is 29.5 Å². The predicted molar refractivity (Wildman–Crippen MR) is 150 cm³/mol. The van der Waals surface area contributed by atoms with Gasteiger partial charge >= 0.3 is 6.09 Å². The van der Waals surface area contributed by atoms with Crippen LogP contribution in [0.2, 0.25) is 0 Å². The van der Waals surface area contributed by atoms with Crippen LogP contribution in [-0.2, 0) is 14.3 Å². The van der Waals surface area contributed by atoms with E-state index in [0.717, 1.165) is 51.4 Å². The molecule has 214 valence electrons. The number of amides is 3. The molecule has 1 aromatic carbocycles. The van der Waals surface area contributed by atoms with Gasteiger partial charge in [0, 0.05) is 12.6 Å². The van der Waals surface area contributed by atoms with Gasteiger partial charge < -0.3 is 25.4 Å². The standard InChI is InChI=1S/C30H49N3O5/c1-7-8-12-18-33(28(36)25(19-21(2)3)32-29(37)38-30(4,5)6)26(22-14-13-17-24(34)20-22)27(35)31-23-15-10-9-11-16-23/h13-14,17,20-21,23,25-26,34H,7-12,15-16,18-19H2,1-6H3,(H,31,35)(H,32,37). The number of aromatic hydroxyl groups is 1. The van der Waals surface area contributed by atoms with Crippen LogP contribution < -0.4 is 10.6 Å². The number of carbonyl (C=O) groups is 3. The zero-order valence-corrected chi connectivity index (χ0v) is 24.2. The molecule has 38 heavy (non-hydrogen) atoms. The summed E-state index contributed by atoms with van der Waals surface area (Å²) < 4.78 is 5.45. The van der Waals surface area contributed by atoms with Crippen molar-refractivity contribution in [3.8, 4) is 5.75 Å². The van der Waals surface area contributed by atoms with Crippen molar-refractivity contribution >= 4 is 17.9 Å². The van der Waals surface area contributed by atoms with Crippen LogP contribution in [0.5, 0.6) is 5.75 Å². The zero-order valence-electron chi connectivity index (χ0n) is 24.2. The van der Waals surface area contributed by atoms with Crippen LogP contribution in [0.25, 0.3) is 0 Å². The van der Waals surface area contributed by atoms with E-state index in [9.17, 15) is 19.5 Å². The van der Waals surface area contributed by atoms with E-state index in [0.29, 0.717) is 18.5 Å². The molecule has 0 aromatic heterocycles. The molecule has 1 fully saturated rings. The van der Waals surface area contributed by atoms with E-state index in [1.54, 1.807) is 49.9 Å². The second-order valence-corrected chi connectivity index (χ2v) is 11.9. The van der Waals surface area contributed by atoms with Crippen molar-refractivity contribution in [3.63, 3.8) is 0 Å². The highest BCUT2D eigenvalue weighted by Gasteiger charge is 2.37. The molecule has 0 aliphatic heterocycles. The Hall–Kier alpha value is -2.77. The summed E-state index contributed by atoms with van der Waals surface area (Å²) in [5, 5.41) is 16.2. The number of nitrogens with one attached hydrogen (secondary N) is 2. The number of unbranched alkanes of at least 4 members (excludes halogenated alkanes) is 2. The van der Waals surface area contributed by atoms with Gasteiger partial charge in [-0.25, -0.2) is 4.79 Å². The van der Waals surface area contributed by atoms with Crippen molar-refractivity contribution in [2.24, 2.45) is 5.92 Å². The van der Waals surface area contributed by atoms with E-state index in [1.807, 2.05) is 13.8 Å². The molecule has 0 bridgehead atoms. The number of phenols is 1. The molecule has 0 saturated heterocycles. The van der Waals surface area contributed by atoms with Crippen molar-refractivity contribution < 1.29 is 24.2 Å². The highest BCUT2D eigenvalue weighted by molar-refractivity contribution is 5.92.